The molecule has 0 radical (unpaired) electrons. The molecule has 92 heavy (non-hydrogen) atoms. The Bertz CT molecular complexity index is 4840. The maximum absolute atomic E-state index is 6.08. The highest BCUT2D eigenvalue weighted by Crippen LogP contribution is 2.38. The summed E-state index contributed by atoms with van der Waals surface area (Å²) in [5, 5.41) is 0.145. The Morgan fingerprint density at radius 3 is 1.02 bits per heavy atom. The lowest BCUT2D eigenvalue weighted by atomic mass is 9.79. The number of fused-ring (bicyclic) bond motifs is 3. The van der Waals surface area contributed by atoms with E-state index in [4.69, 9.17) is 60.7 Å². The van der Waals surface area contributed by atoms with Crippen LogP contribution < -0.4 is 5.46 Å². The Kier molecular flexibility index (Phi) is 16.0. The van der Waals surface area contributed by atoms with Crippen LogP contribution in [0.1, 0.15) is 27.7 Å². The molecule has 0 amide bonds. The van der Waals surface area contributed by atoms with Gasteiger partial charge in [0.15, 0.2) is 40.0 Å². The van der Waals surface area contributed by atoms with Gasteiger partial charge in [-0.25, -0.2) is 29.9 Å². The number of oxazole rings is 3. The number of nitrogens with zero attached hydrogens (tertiary/aromatic N) is 11. The molecule has 446 valence electrons. The minimum atomic E-state index is -0.354. The predicted molar refractivity (Wildman–Crippen MR) is 359 cm³/mol. The molecule has 16 nitrogen and oxygen atoms in total. The maximum Gasteiger partial charge on any atom is 0.494 e. The molecule has 0 aliphatic carbocycles. The molecule has 1 saturated heterocycles. The fraction of sp³-hybridized carbons (Fsp3) is 0.0822. The number of hydrogen-bond donors (Lipinski definition) is 0. The standard InChI is InChI=1S/C40H24N6O2.C19H20BNO3.C14H8Cl2N4/c1-3-13-34-32(11-1)42-39(47-34)27-19-15-25(16-20-27)36-44-37(26-17-21-28(22-18-26)40-43-33-12-2-4-14-35(33)48-40)46-38(45-36)30-9-7-8-29(24-30)31-10-5-6-23-41-31;1-18(2)19(3,4)24-20(23-18)14-11-9-13(10-12-14)17-21-15-7-5-6-8-16(15)22-17;15-13-18-12(19-14(16)20-13)10-5-3-4-9(8-10)11-6-1-2-7-17-11/h1-24H;5-12H,1-4H3;1-8H. The summed E-state index contributed by atoms with van der Waals surface area (Å²) in [6.07, 6.45) is 3.54. The molecule has 7 aromatic heterocycles. The normalized spacial score (nSPS) is 13.2. The van der Waals surface area contributed by atoms with Crippen molar-refractivity contribution in [2.45, 2.75) is 38.9 Å². The van der Waals surface area contributed by atoms with Crippen molar-refractivity contribution >= 4 is 69.1 Å². The second-order valence-corrected chi connectivity index (χ2v) is 23.1. The summed E-state index contributed by atoms with van der Waals surface area (Å²) in [4.78, 5) is 49.4. The van der Waals surface area contributed by atoms with Crippen molar-refractivity contribution in [2.24, 2.45) is 0 Å². The lowest BCUT2D eigenvalue weighted by molar-refractivity contribution is 0.00578. The molecule has 0 saturated carbocycles. The molecule has 1 aliphatic rings. The van der Waals surface area contributed by atoms with Gasteiger partial charge >= 0.3 is 7.12 Å². The summed E-state index contributed by atoms with van der Waals surface area (Å²) < 4.78 is 30.0. The average molecular weight is 1250 g/mol. The number of benzene rings is 8. The van der Waals surface area contributed by atoms with E-state index < -0.39 is 0 Å². The van der Waals surface area contributed by atoms with E-state index in [1.165, 1.54) is 0 Å². The lowest BCUT2D eigenvalue weighted by Crippen LogP contribution is -2.41. The third-order valence-corrected chi connectivity index (χ3v) is 16.1. The van der Waals surface area contributed by atoms with E-state index in [1.54, 1.807) is 12.4 Å². The van der Waals surface area contributed by atoms with Crippen LogP contribution >= 0.6 is 23.2 Å². The Labute approximate surface area is 538 Å². The van der Waals surface area contributed by atoms with Gasteiger partial charge in [0.25, 0.3) is 0 Å². The van der Waals surface area contributed by atoms with Gasteiger partial charge in [-0.1, -0.05) is 121 Å². The van der Waals surface area contributed by atoms with Crippen LogP contribution in [0.4, 0.5) is 0 Å². The summed E-state index contributed by atoms with van der Waals surface area (Å²) in [7, 11) is -0.354. The third kappa shape index (κ3) is 12.7. The molecule has 0 unspecified atom stereocenters. The highest BCUT2D eigenvalue weighted by atomic mass is 35.5. The number of pyridine rings is 2. The molecular weight excluding hydrogens is 1190 g/mol. The molecule has 0 N–H and O–H groups in total. The molecule has 8 heterocycles. The topological polar surface area (TPSA) is 200 Å². The van der Waals surface area contributed by atoms with E-state index in [-0.39, 0.29) is 28.9 Å². The molecule has 16 rings (SSSR count). The number of halogens is 2. The molecule has 0 bridgehead atoms. The average Bonchev–Trinajstić information content (AvgIpc) is 1.61. The monoisotopic (exact) mass is 1240 g/mol. The van der Waals surface area contributed by atoms with E-state index in [1.807, 2.05) is 224 Å². The van der Waals surface area contributed by atoms with Gasteiger partial charge in [-0.3, -0.25) is 9.97 Å². The second-order valence-electron chi connectivity index (χ2n) is 22.4. The van der Waals surface area contributed by atoms with Crippen LogP contribution in [-0.4, -0.2) is 73.1 Å². The molecule has 19 heteroatoms. The Hall–Kier alpha value is -10.9. The van der Waals surface area contributed by atoms with E-state index in [0.717, 1.165) is 100 Å². The van der Waals surface area contributed by atoms with E-state index in [9.17, 15) is 0 Å². The number of para-hydroxylation sites is 6. The van der Waals surface area contributed by atoms with E-state index in [0.29, 0.717) is 41.0 Å². The van der Waals surface area contributed by atoms with Gasteiger partial charge in [0, 0.05) is 62.5 Å². The fourth-order valence-corrected chi connectivity index (χ4v) is 10.6. The summed E-state index contributed by atoms with van der Waals surface area (Å²) in [6, 6.07) is 74.4. The van der Waals surface area contributed by atoms with Crippen LogP contribution in [0, 0.1) is 0 Å². The van der Waals surface area contributed by atoms with Crippen LogP contribution in [0.2, 0.25) is 10.6 Å². The van der Waals surface area contributed by atoms with Gasteiger partial charge in [0.1, 0.15) is 16.6 Å². The van der Waals surface area contributed by atoms with Crippen molar-refractivity contribution in [3.8, 4) is 102 Å². The highest BCUT2D eigenvalue weighted by molar-refractivity contribution is 6.62. The maximum atomic E-state index is 6.08. The van der Waals surface area contributed by atoms with Crippen molar-refractivity contribution in [1.82, 2.24) is 54.8 Å². The number of rotatable bonds is 10. The summed E-state index contributed by atoms with van der Waals surface area (Å²) in [5.74, 6) is 3.83. The molecule has 15 aromatic rings. The number of aromatic nitrogens is 11. The lowest BCUT2D eigenvalue weighted by Gasteiger charge is -2.32. The zero-order chi connectivity index (χ0) is 62.8. The molecule has 1 fully saturated rings. The first-order valence-corrected chi connectivity index (χ1v) is 30.2. The fourth-order valence-electron chi connectivity index (χ4n) is 10.2. The molecule has 0 atom stereocenters. The van der Waals surface area contributed by atoms with Crippen molar-refractivity contribution in [2.75, 3.05) is 0 Å². The molecule has 1 aliphatic heterocycles. The van der Waals surface area contributed by atoms with Gasteiger partial charge in [-0.15, -0.1) is 0 Å². The van der Waals surface area contributed by atoms with Crippen LogP contribution in [-0.2, 0) is 9.31 Å². The largest absolute Gasteiger partial charge is 0.494 e. The van der Waals surface area contributed by atoms with Gasteiger partial charge < -0.3 is 22.6 Å². The van der Waals surface area contributed by atoms with Crippen LogP contribution in [0.3, 0.4) is 0 Å². The summed E-state index contributed by atoms with van der Waals surface area (Å²) in [6.45, 7) is 8.22. The Morgan fingerprint density at radius 1 is 0.304 bits per heavy atom. The minimum Gasteiger partial charge on any atom is -0.436 e. The quantitative estimate of drug-likeness (QED) is 0.117. The zero-order valence-electron chi connectivity index (χ0n) is 49.9. The molecular formula is C73H52BCl2N11O5. The smallest absolute Gasteiger partial charge is 0.436 e. The van der Waals surface area contributed by atoms with Crippen molar-refractivity contribution in [3.63, 3.8) is 0 Å². The third-order valence-electron chi connectivity index (χ3n) is 15.7. The van der Waals surface area contributed by atoms with Gasteiger partial charge in [0.2, 0.25) is 28.2 Å². The second kappa shape index (κ2) is 25.1. The zero-order valence-corrected chi connectivity index (χ0v) is 51.4. The first kappa shape index (κ1) is 58.7. The first-order valence-electron chi connectivity index (χ1n) is 29.4. The first-order chi connectivity index (χ1) is 44.8. The van der Waals surface area contributed by atoms with Crippen molar-refractivity contribution in [3.05, 3.63) is 253 Å². The van der Waals surface area contributed by atoms with Crippen LogP contribution in [0.5, 0.6) is 0 Å². The summed E-state index contributed by atoms with van der Waals surface area (Å²) >= 11 is 11.6. The Morgan fingerprint density at radius 2 is 0.641 bits per heavy atom. The van der Waals surface area contributed by atoms with E-state index in [2.05, 4.69) is 73.6 Å². The van der Waals surface area contributed by atoms with Gasteiger partial charge in [-0.05, 0) is 166 Å². The Balaban J connectivity index is 0.000000138. The summed E-state index contributed by atoms with van der Waals surface area (Å²) in [5.41, 5.74) is 14.8. The predicted octanol–water partition coefficient (Wildman–Crippen LogP) is 17.3. The van der Waals surface area contributed by atoms with Crippen LogP contribution in [0.15, 0.2) is 256 Å². The van der Waals surface area contributed by atoms with Gasteiger partial charge in [-0.2, -0.15) is 15.0 Å². The highest BCUT2D eigenvalue weighted by Gasteiger charge is 2.51. The molecule has 0 spiro atoms. The van der Waals surface area contributed by atoms with Crippen LogP contribution in [0.25, 0.3) is 136 Å². The van der Waals surface area contributed by atoms with Gasteiger partial charge in [0.05, 0.1) is 22.6 Å². The minimum absolute atomic E-state index is 0.0724. The molecule has 8 aromatic carbocycles. The van der Waals surface area contributed by atoms with Crippen molar-refractivity contribution < 1.29 is 22.6 Å². The number of hydrogen-bond acceptors (Lipinski definition) is 16. The SMILES string of the molecule is CC1(C)OB(c2ccc(-c3nc4ccccc4o3)cc2)OC1(C)C.Clc1nc(Cl)nc(-c2cccc(-c3ccccn3)c2)n1.c1ccc(-c2cccc(-c3nc(-c4ccc(-c5nc6ccccc6o5)cc4)nc(-c4ccc(-c5nc6ccccc6o5)cc4)n3)c2)nc1. The van der Waals surface area contributed by atoms with Crippen molar-refractivity contribution in [1.29, 1.82) is 0 Å². The van der Waals surface area contributed by atoms with E-state index >= 15 is 0 Å².